The summed E-state index contributed by atoms with van der Waals surface area (Å²) in [5, 5.41) is 0. The third-order valence-corrected chi connectivity index (χ3v) is 3.33. The Hall–Kier alpha value is -0.610. The average molecular weight is 228 g/mol. The molecule has 16 heavy (non-hydrogen) atoms. The van der Waals surface area contributed by atoms with Crippen LogP contribution >= 0.6 is 0 Å². The van der Waals surface area contributed by atoms with Crippen molar-refractivity contribution in [3.05, 3.63) is 0 Å². The maximum absolute atomic E-state index is 11.3. The van der Waals surface area contributed by atoms with Crippen LogP contribution in [0, 0.1) is 0 Å². The molecule has 4 heteroatoms. The Morgan fingerprint density at radius 1 is 1.50 bits per heavy atom. The summed E-state index contributed by atoms with van der Waals surface area (Å²) in [5.41, 5.74) is 5.75. The number of rotatable bonds is 6. The zero-order valence-corrected chi connectivity index (χ0v) is 10.4. The molecule has 1 aliphatic rings. The highest BCUT2D eigenvalue weighted by Crippen LogP contribution is 2.22. The zero-order valence-electron chi connectivity index (χ0n) is 10.4. The van der Waals surface area contributed by atoms with Gasteiger partial charge >= 0.3 is 5.97 Å². The van der Waals surface area contributed by atoms with E-state index in [1.165, 1.54) is 25.7 Å². The lowest BCUT2D eigenvalue weighted by Gasteiger charge is -2.24. The van der Waals surface area contributed by atoms with Crippen molar-refractivity contribution in [3.8, 4) is 0 Å². The Kier molecular flexibility index (Phi) is 5.77. The average Bonchev–Trinajstić information content (AvgIpc) is 2.79. The second-order valence-electron chi connectivity index (χ2n) is 4.57. The highest BCUT2D eigenvalue weighted by atomic mass is 16.5. The van der Waals surface area contributed by atoms with E-state index in [1.807, 2.05) is 0 Å². The van der Waals surface area contributed by atoms with Crippen LogP contribution in [0.2, 0.25) is 0 Å². The van der Waals surface area contributed by atoms with E-state index in [1.54, 1.807) is 6.92 Å². The van der Waals surface area contributed by atoms with Gasteiger partial charge in [-0.25, -0.2) is 0 Å². The lowest BCUT2D eigenvalue weighted by atomic mass is 10.1. The van der Waals surface area contributed by atoms with Gasteiger partial charge in [-0.05, 0) is 33.2 Å². The van der Waals surface area contributed by atoms with Crippen LogP contribution in [0.25, 0.3) is 0 Å². The van der Waals surface area contributed by atoms with Gasteiger partial charge < -0.3 is 15.4 Å². The minimum atomic E-state index is -0.469. The smallest absolute Gasteiger partial charge is 0.322 e. The standard InChI is InChI=1S/C12H24N2O2/c1-3-16-12(15)11(13)8-9-14(2)10-6-4-5-7-10/h10-11H,3-9,13H2,1-2H3. The van der Waals surface area contributed by atoms with E-state index in [2.05, 4.69) is 11.9 Å². The van der Waals surface area contributed by atoms with E-state index >= 15 is 0 Å². The number of nitrogens with zero attached hydrogens (tertiary/aromatic N) is 1. The van der Waals surface area contributed by atoms with E-state index in [0.29, 0.717) is 19.1 Å². The van der Waals surface area contributed by atoms with E-state index in [0.717, 1.165) is 6.54 Å². The normalized spacial score (nSPS) is 19.0. The molecule has 1 unspecified atom stereocenters. The predicted octanol–water partition coefficient (Wildman–Crippen LogP) is 1.14. The van der Waals surface area contributed by atoms with E-state index < -0.39 is 6.04 Å². The fourth-order valence-corrected chi connectivity index (χ4v) is 2.24. The SMILES string of the molecule is CCOC(=O)C(N)CCN(C)C1CCCC1. The summed E-state index contributed by atoms with van der Waals surface area (Å²) in [6.07, 6.45) is 5.92. The highest BCUT2D eigenvalue weighted by molar-refractivity contribution is 5.75. The van der Waals surface area contributed by atoms with Crippen molar-refractivity contribution in [2.45, 2.75) is 51.1 Å². The van der Waals surface area contributed by atoms with Gasteiger partial charge in [0.05, 0.1) is 6.61 Å². The molecule has 94 valence electrons. The first-order valence-electron chi connectivity index (χ1n) is 6.27. The molecule has 0 heterocycles. The topological polar surface area (TPSA) is 55.6 Å². The van der Waals surface area contributed by atoms with Gasteiger partial charge in [0.2, 0.25) is 0 Å². The van der Waals surface area contributed by atoms with Gasteiger partial charge in [0, 0.05) is 12.6 Å². The van der Waals surface area contributed by atoms with Crippen LogP contribution < -0.4 is 5.73 Å². The van der Waals surface area contributed by atoms with Gasteiger partial charge in [0.1, 0.15) is 6.04 Å². The second kappa shape index (κ2) is 6.86. The molecular formula is C12H24N2O2. The fourth-order valence-electron chi connectivity index (χ4n) is 2.24. The first-order chi connectivity index (χ1) is 7.65. The van der Waals surface area contributed by atoms with E-state index in [4.69, 9.17) is 10.5 Å². The van der Waals surface area contributed by atoms with Gasteiger partial charge in [0.25, 0.3) is 0 Å². The highest BCUT2D eigenvalue weighted by Gasteiger charge is 2.21. The van der Waals surface area contributed by atoms with Crippen LogP contribution in [0.3, 0.4) is 0 Å². The maximum Gasteiger partial charge on any atom is 0.322 e. The number of esters is 1. The maximum atomic E-state index is 11.3. The minimum absolute atomic E-state index is 0.276. The Morgan fingerprint density at radius 3 is 2.69 bits per heavy atom. The minimum Gasteiger partial charge on any atom is -0.465 e. The van der Waals surface area contributed by atoms with Crippen LogP contribution in [-0.4, -0.2) is 43.2 Å². The molecule has 0 saturated heterocycles. The lowest BCUT2D eigenvalue weighted by molar-refractivity contribution is -0.144. The Balaban J connectivity index is 2.19. The number of nitrogens with two attached hydrogens (primary N) is 1. The molecule has 1 rings (SSSR count). The summed E-state index contributed by atoms with van der Waals surface area (Å²) in [5.74, 6) is -0.276. The zero-order chi connectivity index (χ0) is 12.0. The molecule has 0 aromatic rings. The summed E-state index contributed by atoms with van der Waals surface area (Å²) >= 11 is 0. The molecule has 4 nitrogen and oxygen atoms in total. The van der Waals surface area contributed by atoms with Crippen LogP contribution in [0.1, 0.15) is 39.0 Å². The largest absolute Gasteiger partial charge is 0.465 e. The number of carbonyl (C=O) groups excluding carboxylic acids is 1. The Bertz CT molecular complexity index is 215. The summed E-state index contributed by atoms with van der Waals surface area (Å²) < 4.78 is 4.88. The molecule has 1 fully saturated rings. The number of carbonyl (C=O) groups is 1. The predicted molar refractivity (Wildman–Crippen MR) is 64.1 cm³/mol. The van der Waals surface area contributed by atoms with Crippen LogP contribution in [0.4, 0.5) is 0 Å². The van der Waals surface area contributed by atoms with Crippen molar-refractivity contribution in [3.63, 3.8) is 0 Å². The van der Waals surface area contributed by atoms with Crippen molar-refractivity contribution >= 4 is 5.97 Å². The molecule has 0 aromatic carbocycles. The number of hydrogen-bond acceptors (Lipinski definition) is 4. The second-order valence-corrected chi connectivity index (χ2v) is 4.57. The Labute approximate surface area is 98.1 Å². The van der Waals surface area contributed by atoms with Crippen molar-refractivity contribution in [1.29, 1.82) is 0 Å². The Morgan fingerprint density at radius 2 is 2.12 bits per heavy atom. The summed E-state index contributed by atoms with van der Waals surface area (Å²) in [6, 6.07) is 0.221. The van der Waals surface area contributed by atoms with Crippen molar-refractivity contribution < 1.29 is 9.53 Å². The number of ether oxygens (including phenoxy) is 1. The molecule has 2 N–H and O–H groups in total. The molecule has 0 spiro atoms. The fraction of sp³-hybridized carbons (Fsp3) is 0.917. The summed E-state index contributed by atoms with van der Waals surface area (Å²) in [6.45, 7) is 3.09. The quantitative estimate of drug-likeness (QED) is 0.693. The lowest BCUT2D eigenvalue weighted by Crippen LogP contribution is -2.38. The molecule has 1 atom stereocenters. The molecule has 0 bridgehead atoms. The number of hydrogen-bond donors (Lipinski definition) is 1. The molecule has 1 saturated carbocycles. The first-order valence-corrected chi connectivity index (χ1v) is 6.27. The van der Waals surface area contributed by atoms with Crippen molar-refractivity contribution in [1.82, 2.24) is 4.90 Å². The summed E-state index contributed by atoms with van der Waals surface area (Å²) in [7, 11) is 2.12. The van der Waals surface area contributed by atoms with Gasteiger partial charge in [-0.15, -0.1) is 0 Å². The summed E-state index contributed by atoms with van der Waals surface area (Å²) in [4.78, 5) is 13.6. The van der Waals surface area contributed by atoms with Crippen LogP contribution in [0.5, 0.6) is 0 Å². The van der Waals surface area contributed by atoms with Crippen molar-refractivity contribution in [2.24, 2.45) is 5.73 Å². The van der Waals surface area contributed by atoms with Crippen LogP contribution in [0.15, 0.2) is 0 Å². The van der Waals surface area contributed by atoms with E-state index in [9.17, 15) is 4.79 Å². The molecule has 1 aliphatic carbocycles. The third-order valence-electron chi connectivity index (χ3n) is 3.33. The molecule has 0 amide bonds. The van der Waals surface area contributed by atoms with Gasteiger partial charge in [-0.1, -0.05) is 12.8 Å². The van der Waals surface area contributed by atoms with Gasteiger partial charge in [-0.3, -0.25) is 4.79 Å². The van der Waals surface area contributed by atoms with Crippen LogP contribution in [-0.2, 0) is 9.53 Å². The van der Waals surface area contributed by atoms with E-state index in [-0.39, 0.29) is 5.97 Å². The monoisotopic (exact) mass is 228 g/mol. The van der Waals surface area contributed by atoms with Gasteiger partial charge in [-0.2, -0.15) is 0 Å². The molecular weight excluding hydrogens is 204 g/mol. The molecule has 0 aliphatic heterocycles. The molecule has 0 radical (unpaired) electrons. The molecule has 0 aromatic heterocycles. The van der Waals surface area contributed by atoms with Crippen molar-refractivity contribution in [2.75, 3.05) is 20.2 Å². The van der Waals surface area contributed by atoms with Gasteiger partial charge in [0.15, 0.2) is 0 Å². The first kappa shape index (κ1) is 13.5. The third kappa shape index (κ3) is 4.10.